The van der Waals surface area contributed by atoms with Gasteiger partial charge in [-0.3, -0.25) is 14.7 Å². The first-order valence-electron chi connectivity index (χ1n) is 11.2. The Balaban J connectivity index is 1.55. The molecule has 6 nitrogen and oxygen atoms in total. The third-order valence-electron chi connectivity index (χ3n) is 6.52. The van der Waals surface area contributed by atoms with Crippen LogP contribution >= 0.6 is 0 Å². The van der Waals surface area contributed by atoms with Crippen LogP contribution in [0, 0.1) is 0 Å². The molecule has 0 spiro atoms. The molecule has 1 aromatic rings. The van der Waals surface area contributed by atoms with Gasteiger partial charge in [-0.05, 0) is 56.5 Å². The Morgan fingerprint density at radius 3 is 2.28 bits per heavy atom. The summed E-state index contributed by atoms with van der Waals surface area (Å²) < 4.78 is 0. The van der Waals surface area contributed by atoms with Crippen molar-refractivity contribution in [2.24, 2.45) is 4.99 Å². The molecule has 0 radical (unpaired) electrons. The molecule has 3 rings (SSSR count). The maximum absolute atomic E-state index is 11.7. The molecule has 1 saturated carbocycles. The SMILES string of the molecule is CN=C(NCc1ccc(C(=O)NC)cc1)NCC1(N2CCCCC2)CCCCC1. The van der Waals surface area contributed by atoms with Gasteiger partial charge in [-0.25, -0.2) is 0 Å². The van der Waals surface area contributed by atoms with E-state index in [9.17, 15) is 4.79 Å². The number of rotatable bonds is 6. The molecule has 29 heavy (non-hydrogen) atoms. The molecule has 1 aliphatic carbocycles. The van der Waals surface area contributed by atoms with Crippen LogP contribution in [-0.4, -0.2) is 56.0 Å². The summed E-state index contributed by atoms with van der Waals surface area (Å²) >= 11 is 0. The van der Waals surface area contributed by atoms with Gasteiger partial charge in [0.1, 0.15) is 0 Å². The van der Waals surface area contributed by atoms with E-state index in [1.807, 2.05) is 31.3 Å². The molecule has 3 N–H and O–H groups in total. The minimum atomic E-state index is -0.0579. The van der Waals surface area contributed by atoms with E-state index in [2.05, 4.69) is 25.8 Å². The Kier molecular flexibility index (Phi) is 7.92. The van der Waals surface area contributed by atoms with E-state index in [0.29, 0.717) is 12.1 Å². The van der Waals surface area contributed by atoms with Crippen molar-refractivity contribution in [3.05, 3.63) is 35.4 Å². The fourth-order valence-electron chi connectivity index (χ4n) is 4.76. The van der Waals surface area contributed by atoms with Gasteiger partial charge in [-0.1, -0.05) is 37.8 Å². The molecule has 1 heterocycles. The van der Waals surface area contributed by atoms with E-state index < -0.39 is 0 Å². The topological polar surface area (TPSA) is 68.8 Å². The summed E-state index contributed by atoms with van der Waals surface area (Å²) in [6.07, 6.45) is 10.7. The van der Waals surface area contributed by atoms with E-state index in [1.54, 1.807) is 7.05 Å². The zero-order valence-corrected chi connectivity index (χ0v) is 18.1. The van der Waals surface area contributed by atoms with Crippen LogP contribution in [0.4, 0.5) is 0 Å². The molecule has 160 valence electrons. The largest absolute Gasteiger partial charge is 0.355 e. The van der Waals surface area contributed by atoms with Gasteiger partial charge in [0.05, 0.1) is 0 Å². The number of piperidine rings is 1. The van der Waals surface area contributed by atoms with Crippen LogP contribution in [0.3, 0.4) is 0 Å². The van der Waals surface area contributed by atoms with Crippen LogP contribution in [-0.2, 0) is 6.54 Å². The highest BCUT2D eigenvalue weighted by Crippen LogP contribution is 2.35. The standard InChI is InChI=1S/C23H37N5O/c1-24-21(29)20-11-9-19(10-12-20)17-26-22(25-2)27-18-23(13-5-3-6-14-23)28-15-7-4-8-16-28/h9-12H,3-8,13-18H2,1-2H3,(H,24,29)(H2,25,26,27). The van der Waals surface area contributed by atoms with Crippen molar-refractivity contribution in [1.29, 1.82) is 0 Å². The lowest BCUT2D eigenvalue weighted by atomic mass is 9.79. The number of carbonyl (C=O) groups is 1. The number of aliphatic imine (C=N–C) groups is 1. The molecule has 6 heteroatoms. The van der Waals surface area contributed by atoms with E-state index in [-0.39, 0.29) is 11.4 Å². The summed E-state index contributed by atoms with van der Waals surface area (Å²) in [7, 11) is 3.48. The Hall–Kier alpha value is -2.08. The first-order chi connectivity index (χ1) is 14.2. The molecule has 0 aromatic heterocycles. The smallest absolute Gasteiger partial charge is 0.251 e. The van der Waals surface area contributed by atoms with Gasteiger partial charge in [0.15, 0.2) is 5.96 Å². The lowest BCUT2D eigenvalue weighted by Gasteiger charge is -2.48. The van der Waals surface area contributed by atoms with Crippen molar-refractivity contribution in [3.63, 3.8) is 0 Å². The number of nitrogens with one attached hydrogen (secondary N) is 3. The van der Waals surface area contributed by atoms with E-state index in [4.69, 9.17) is 0 Å². The number of likely N-dealkylation sites (tertiary alicyclic amines) is 1. The van der Waals surface area contributed by atoms with Crippen molar-refractivity contribution < 1.29 is 4.79 Å². The van der Waals surface area contributed by atoms with Gasteiger partial charge >= 0.3 is 0 Å². The molecule has 0 bridgehead atoms. The number of guanidine groups is 1. The van der Waals surface area contributed by atoms with Crippen molar-refractivity contribution >= 4 is 11.9 Å². The summed E-state index contributed by atoms with van der Waals surface area (Å²) in [5, 5.41) is 9.70. The van der Waals surface area contributed by atoms with Crippen LogP contribution in [0.25, 0.3) is 0 Å². The van der Waals surface area contributed by atoms with Gasteiger partial charge < -0.3 is 16.0 Å². The van der Waals surface area contributed by atoms with Crippen molar-refractivity contribution in [3.8, 4) is 0 Å². The molecule has 1 amide bonds. The maximum atomic E-state index is 11.7. The van der Waals surface area contributed by atoms with Crippen LogP contribution in [0.5, 0.6) is 0 Å². The van der Waals surface area contributed by atoms with Crippen molar-refractivity contribution in [1.82, 2.24) is 20.9 Å². The molecule has 1 aromatic carbocycles. The highest BCUT2D eigenvalue weighted by Gasteiger charge is 2.38. The summed E-state index contributed by atoms with van der Waals surface area (Å²) in [6, 6.07) is 7.70. The Morgan fingerprint density at radius 2 is 1.66 bits per heavy atom. The molecule has 1 saturated heterocycles. The normalized spacial score (nSPS) is 20.1. The summed E-state index contributed by atoms with van der Waals surface area (Å²) in [6.45, 7) is 4.13. The average Bonchev–Trinajstić information content (AvgIpc) is 2.80. The third-order valence-corrected chi connectivity index (χ3v) is 6.52. The van der Waals surface area contributed by atoms with Crippen LogP contribution < -0.4 is 16.0 Å². The summed E-state index contributed by atoms with van der Waals surface area (Å²) in [5.74, 6) is 0.791. The predicted octanol–water partition coefficient (Wildman–Crippen LogP) is 2.90. The number of nitrogens with zero attached hydrogens (tertiary/aromatic N) is 2. The molecule has 1 aliphatic heterocycles. The Morgan fingerprint density at radius 1 is 1.00 bits per heavy atom. The van der Waals surface area contributed by atoms with Crippen LogP contribution in [0.15, 0.2) is 29.3 Å². The molecule has 2 fully saturated rings. The van der Waals surface area contributed by atoms with E-state index in [0.717, 1.165) is 18.1 Å². The van der Waals surface area contributed by atoms with Gasteiger partial charge in [0, 0.05) is 38.3 Å². The summed E-state index contributed by atoms with van der Waals surface area (Å²) in [5.41, 5.74) is 2.09. The second kappa shape index (κ2) is 10.6. The number of carbonyl (C=O) groups excluding carboxylic acids is 1. The van der Waals surface area contributed by atoms with Crippen molar-refractivity contribution in [2.45, 2.75) is 63.5 Å². The zero-order chi connectivity index (χ0) is 20.5. The fourth-order valence-corrected chi connectivity index (χ4v) is 4.76. The van der Waals surface area contributed by atoms with Crippen LogP contribution in [0.2, 0.25) is 0 Å². The molecule has 0 atom stereocenters. The predicted molar refractivity (Wildman–Crippen MR) is 119 cm³/mol. The van der Waals surface area contributed by atoms with Gasteiger partial charge in [-0.15, -0.1) is 0 Å². The first-order valence-corrected chi connectivity index (χ1v) is 11.2. The van der Waals surface area contributed by atoms with Gasteiger partial charge in [0.2, 0.25) is 0 Å². The van der Waals surface area contributed by atoms with Crippen LogP contribution in [0.1, 0.15) is 67.3 Å². The second-order valence-corrected chi connectivity index (χ2v) is 8.39. The monoisotopic (exact) mass is 399 g/mol. The minimum Gasteiger partial charge on any atom is -0.355 e. The lowest BCUT2D eigenvalue weighted by molar-refractivity contribution is 0.0368. The maximum Gasteiger partial charge on any atom is 0.251 e. The summed E-state index contributed by atoms with van der Waals surface area (Å²) in [4.78, 5) is 18.9. The third kappa shape index (κ3) is 5.72. The lowest BCUT2D eigenvalue weighted by Crippen LogP contribution is -2.59. The minimum absolute atomic E-state index is 0.0579. The molecule has 2 aliphatic rings. The number of hydrogen-bond donors (Lipinski definition) is 3. The molecular weight excluding hydrogens is 362 g/mol. The number of hydrogen-bond acceptors (Lipinski definition) is 3. The molecule has 0 unspecified atom stereocenters. The Bertz CT molecular complexity index is 673. The number of amides is 1. The van der Waals surface area contributed by atoms with Crippen molar-refractivity contribution in [2.75, 3.05) is 33.7 Å². The highest BCUT2D eigenvalue weighted by atomic mass is 16.1. The van der Waals surface area contributed by atoms with E-state index >= 15 is 0 Å². The quantitative estimate of drug-likeness (QED) is 0.508. The van der Waals surface area contributed by atoms with Gasteiger partial charge in [-0.2, -0.15) is 0 Å². The fraction of sp³-hybridized carbons (Fsp3) is 0.652. The first kappa shape index (κ1) is 21.6. The highest BCUT2D eigenvalue weighted by molar-refractivity contribution is 5.93. The second-order valence-electron chi connectivity index (χ2n) is 8.39. The van der Waals surface area contributed by atoms with E-state index in [1.165, 1.54) is 64.5 Å². The average molecular weight is 400 g/mol. The Labute approximate surface area is 175 Å². The number of benzene rings is 1. The zero-order valence-electron chi connectivity index (χ0n) is 18.1. The molecular formula is C23H37N5O. The van der Waals surface area contributed by atoms with Gasteiger partial charge in [0.25, 0.3) is 5.91 Å².